The number of amides is 1. The monoisotopic (exact) mass is 333 g/mol. The molecule has 0 aliphatic heterocycles. The first-order valence-electron chi connectivity index (χ1n) is 5.59. The highest BCUT2D eigenvalue weighted by Gasteiger charge is 2.23. The topological polar surface area (TPSA) is 46.2 Å². The summed E-state index contributed by atoms with van der Waals surface area (Å²) in [6.07, 6.45) is 0. The van der Waals surface area contributed by atoms with Gasteiger partial charge in [-0.15, -0.1) is 0 Å². The fraction of sp³-hybridized carbons (Fsp3) is 0.385. The Hall–Kier alpha value is -1.30. The van der Waals surface area contributed by atoms with Gasteiger partial charge < -0.3 is 5.32 Å². The minimum absolute atomic E-state index is 0.199. The second-order valence-electron chi connectivity index (χ2n) is 5.10. The molecule has 0 radical (unpaired) electrons. The van der Waals surface area contributed by atoms with Crippen molar-refractivity contribution in [3.8, 4) is 0 Å². The van der Waals surface area contributed by atoms with E-state index in [9.17, 15) is 18.4 Å². The maximum atomic E-state index is 13.5. The molecule has 19 heavy (non-hydrogen) atoms. The number of carbonyl (C=O) groups is 2. The Morgan fingerprint density at radius 3 is 2.11 bits per heavy atom. The Kier molecular flexibility index (Phi) is 4.79. The maximum absolute atomic E-state index is 13.5. The van der Waals surface area contributed by atoms with Crippen molar-refractivity contribution in [2.24, 2.45) is 5.41 Å². The van der Waals surface area contributed by atoms with Crippen molar-refractivity contribution in [3.63, 3.8) is 0 Å². The van der Waals surface area contributed by atoms with E-state index in [1.807, 2.05) is 0 Å². The quantitative estimate of drug-likeness (QED) is 0.923. The molecule has 0 aliphatic carbocycles. The van der Waals surface area contributed by atoms with Gasteiger partial charge in [-0.25, -0.2) is 8.78 Å². The van der Waals surface area contributed by atoms with Gasteiger partial charge in [-0.2, -0.15) is 0 Å². The van der Waals surface area contributed by atoms with E-state index in [0.29, 0.717) is 0 Å². The predicted molar refractivity (Wildman–Crippen MR) is 70.9 cm³/mol. The molecule has 0 atom stereocenters. The van der Waals surface area contributed by atoms with Gasteiger partial charge in [0.25, 0.3) is 5.91 Å². The number of rotatable bonds is 3. The number of carbonyl (C=O) groups excluding carboxylic acids is 2. The van der Waals surface area contributed by atoms with Crippen LogP contribution in [0.15, 0.2) is 16.6 Å². The van der Waals surface area contributed by atoms with Gasteiger partial charge >= 0.3 is 0 Å². The lowest BCUT2D eigenvalue weighted by Crippen LogP contribution is -2.36. The second-order valence-corrected chi connectivity index (χ2v) is 6.02. The first kappa shape index (κ1) is 15.8. The van der Waals surface area contributed by atoms with Crippen molar-refractivity contribution >= 4 is 27.6 Å². The van der Waals surface area contributed by atoms with Crippen molar-refractivity contribution in [2.45, 2.75) is 20.8 Å². The summed E-state index contributed by atoms with van der Waals surface area (Å²) in [4.78, 5) is 23.3. The molecule has 0 saturated carbocycles. The third kappa shape index (κ3) is 4.09. The van der Waals surface area contributed by atoms with E-state index in [4.69, 9.17) is 0 Å². The van der Waals surface area contributed by atoms with E-state index in [1.165, 1.54) is 0 Å². The van der Waals surface area contributed by atoms with Crippen LogP contribution in [0, 0.1) is 17.0 Å². The van der Waals surface area contributed by atoms with Crippen LogP contribution in [0.25, 0.3) is 0 Å². The highest BCUT2D eigenvalue weighted by Crippen LogP contribution is 2.19. The highest BCUT2D eigenvalue weighted by molar-refractivity contribution is 9.10. The van der Waals surface area contributed by atoms with Crippen LogP contribution in [0.3, 0.4) is 0 Å². The van der Waals surface area contributed by atoms with Crippen LogP contribution in [0.1, 0.15) is 31.1 Å². The molecule has 1 amide bonds. The molecule has 1 N–H and O–H groups in total. The lowest BCUT2D eigenvalue weighted by atomic mass is 9.91. The van der Waals surface area contributed by atoms with E-state index in [2.05, 4.69) is 21.2 Å². The number of hydrogen-bond donors (Lipinski definition) is 1. The first-order valence-corrected chi connectivity index (χ1v) is 6.38. The lowest BCUT2D eigenvalue weighted by Gasteiger charge is -2.16. The van der Waals surface area contributed by atoms with E-state index in [1.54, 1.807) is 20.8 Å². The van der Waals surface area contributed by atoms with Crippen molar-refractivity contribution in [2.75, 3.05) is 6.54 Å². The van der Waals surface area contributed by atoms with Crippen LogP contribution < -0.4 is 5.32 Å². The number of ketones is 1. The third-order valence-electron chi connectivity index (χ3n) is 2.48. The second kappa shape index (κ2) is 5.77. The highest BCUT2D eigenvalue weighted by atomic mass is 79.9. The molecule has 1 aromatic carbocycles. The smallest absolute Gasteiger partial charge is 0.257 e. The zero-order chi connectivity index (χ0) is 14.8. The maximum Gasteiger partial charge on any atom is 0.257 e. The van der Waals surface area contributed by atoms with Gasteiger partial charge in [0.1, 0.15) is 17.2 Å². The number of Topliss-reactive ketones (excluding diaryl/α,β-unsaturated/α-hetero) is 1. The molecule has 0 spiro atoms. The fourth-order valence-corrected chi connectivity index (χ4v) is 1.68. The van der Waals surface area contributed by atoms with Crippen LogP contribution >= 0.6 is 15.9 Å². The molecule has 0 aliphatic rings. The summed E-state index contributed by atoms with van der Waals surface area (Å²) in [6, 6.07) is 1.98. The van der Waals surface area contributed by atoms with Crippen molar-refractivity contribution < 1.29 is 18.4 Å². The van der Waals surface area contributed by atoms with Gasteiger partial charge in [-0.3, -0.25) is 9.59 Å². The van der Waals surface area contributed by atoms with Gasteiger partial charge in [0, 0.05) is 9.89 Å². The average molecular weight is 334 g/mol. The summed E-state index contributed by atoms with van der Waals surface area (Å²) in [7, 11) is 0. The average Bonchev–Trinajstić information content (AvgIpc) is 2.22. The van der Waals surface area contributed by atoms with Gasteiger partial charge in [0.2, 0.25) is 0 Å². The minimum atomic E-state index is -0.979. The predicted octanol–water partition coefficient (Wildman–Crippen LogP) is 3.07. The summed E-state index contributed by atoms with van der Waals surface area (Å²) in [5, 5.41) is 2.22. The summed E-state index contributed by atoms with van der Waals surface area (Å²) < 4.78 is 27.2. The van der Waals surface area contributed by atoms with Crippen LogP contribution in [0.2, 0.25) is 0 Å². The Morgan fingerprint density at radius 1 is 1.21 bits per heavy atom. The van der Waals surface area contributed by atoms with E-state index < -0.39 is 28.5 Å². The summed E-state index contributed by atoms with van der Waals surface area (Å²) in [6.45, 7) is 4.82. The molecule has 0 saturated heterocycles. The Bertz CT molecular complexity index is 501. The first-order chi connectivity index (χ1) is 8.62. The third-order valence-corrected chi connectivity index (χ3v) is 2.94. The molecule has 0 bridgehead atoms. The fourth-order valence-electron chi connectivity index (χ4n) is 1.27. The Balaban J connectivity index is 2.83. The number of halogens is 3. The molecule has 6 heteroatoms. The summed E-state index contributed by atoms with van der Waals surface area (Å²) >= 11 is 2.92. The Labute approximate surface area is 118 Å². The molecule has 3 nitrogen and oxygen atoms in total. The van der Waals surface area contributed by atoms with Crippen molar-refractivity contribution in [1.29, 1.82) is 0 Å². The van der Waals surface area contributed by atoms with Crippen LogP contribution in [0.4, 0.5) is 8.78 Å². The minimum Gasteiger partial charge on any atom is -0.345 e. The summed E-state index contributed by atoms with van der Waals surface area (Å²) in [5.41, 5.74) is -1.31. The van der Waals surface area contributed by atoms with Crippen LogP contribution in [0.5, 0.6) is 0 Å². The largest absolute Gasteiger partial charge is 0.345 e. The molecule has 0 fully saturated rings. The van der Waals surface area contributed by atoms with E-state index in [0.717, 1.165) is 12.1 Å². The number of hydrogen-bond acceptors (Lipinski definition) is 2. The SMILES string of the molecule is CC(C)(C)C(=O)CNC(=O)c1c(F)cc(Br)cc1F. The molecule has 0 aromatic heterocycles. The molecule has 1 aromatic rings. The van der Waals surface area contributed by atoms with Gasteiger partial charge in [-0.1, -0.05) is 36.7 Å². The van der Waals surface area contributed by atoms with Crippen molar-refractivity contribution in [1.82, 2.24) is 5.32 Å². The zero-order valence-corrected chi connectivity index (χ0v) is 12.4. The lowest BCUT2D eigenvalue weighted by molar-refractivity contribution is -0.125. The summed E-state index contributed by atoms with van der Waals surface area (Å²) in [5.74, 6) is -3.13. The molecular weight excluding hydrogens is 320 g/mol. The number of benzene rings is 1. The number of nitrogens with one attached hydrogen (secondary N) is 1. The molecule has 104 valence electrons. The van der Waals surface area contributed by atoms with E-state index >= 15 is 0 Å². The van der Waals surface area contributed by atoms with Crippen LogP contribution in [-0.4, -0.2) is 18.2 Å². The standard InChI is InChI=1S/C13H14BrF2NO2/c1-13(2,3)10(18)6-17-12(19)11-8(15)4-7(14)5-9(11)16/h4-5H,6H2,1-3H3,(H,17,19). The zero-order valence-electron chi connectivity index (χ0n) is 10.8. The van der Waals surface area contributed by atoms with Gasteiger partial charge in [0.05, 0.1) is 6.54 Å². The van der Waals surface area contributed by atoms with Gasteiger partial charge in [-0.05, 0) is 12.1 Å². The molecule has 0 heterocycles. The van der Waals surface area contributed by atoms with E-state index in [-0.39, 0.29) is 16.8 Å². The normalized spacial score (nSPS) is 11.3. The molecular formula is C13H14BrF2NO2. The molecule has 1 rings (SSSR count). The Morgan fingerprint density at radius 2 is 1.68 bits per heavy atom. The van der Waals surface area contributed by atoms with Gasteiger partial charge in [0.15, 0.2) is 5.78 Å². The van der Waals surface area contributed by atoms with Crippen LogP contribution in [-0.2, 0) is 4.79 Å². The molecule has 0 unspecified atom stereocenters. The van der Waals surface area contributed by atoms with Crippen molar-refractivity contribution in [3.05, 3.63) is 33.8 Å².